The SMILES string of the molecule is Cc1ccc(S(=O)(=O)N2CCC(Cc3ccccc3)(C(F)(F)I)C2=O)cc1. The topological polar surface area (TPSA) is 54.5 Å². The number of nitrogens with zero attached hydrogens (tertiary/aromatic N) is 1. The van der Waals surface area contributed by atoms with Crippen molar-refractivity contribution < 1.29 is 22.0 Å². The molecule has 2 aromatic carbocycles. The zero-order chi connectivity index (χ0) is 19.9. The molecule has 4 nitrogen and oxygen atoms in total. The van der Waals surface area contributed by atoms with Gasteiger partial charge in [0.15, 0.2) is 0 Å². The molecule has 8 heteroatoms. The van der Waals surface area contributed by atoms with E-state index < -0.39 is 25.3 Å². The molecule has 2 aromatic rings. The average molecular weight is 505 g/mol. The summed E-state index contributed by atoms with van der Waals surface area (Å²) in [7, 11) is -4.18. The van der Waals surface area contributed by atoms with Gasteiger partial charge < -0.3 is 0 Å². The highest BCUT2D eigenvalue weighted by Crippen LogP contribution is 2.52. The first kappa shape index (κ1) is 20.2. The average Bonchev–Trinajstić information content (AvgIpc) is 2.94. The number of halogens is 3. The molecule has 1 atom stereocenters. The molecule has 144 valence electrons. The van der Waals surface area contributed by atoms with Crippen LogP contribution in [0.25, 0.3) is 0 Å². The summed E-state index contributed by atoms with van der Waals surface area (Å²) in [6.45, 7) is 1.54. The van der Waals surface area contributed by atoms with Gasteiger partial charge in [-0.25, -0.2) is 12.7 Å². The molecule has 1 fully saturated rings. The number of rotatable bonds is 5. The Morgan fingerprint density at radius 3 is 2.26 bits per heavy atom. The Morgan fingerprint density at radius 2 is 1.70 bits per heavy atom. The molecule has 0 radical (unpaired) electrons. The van der Waals surface area contributed by atoms with Crippen molar-refractivity contribution in [2.24, 2.45) is 5.41 Å². The van der Waals surface area contributed by atoms with E-state index in [0.29, 0.717) is 9.87 Å². The molecule has 0 bridgehead atoms. The zero-order valence-corrected chi connectivity index (χ0v) is 17.5. The Morgan fingerprint density at radius 1 is 1.11 bits per heavy atom. The van der Waals surface area contributed by atoms with Crippen LogP contribution in [0.3, 0.4) is 0 Å². The lowest BCUT2D eigenvalue weighted by Gasteiger charge is -2.32. The monoisotopic (exact) mass is 505 g/mol. The minimum absolute atomic E-state index is 0.0752. The number of sulfonamides is 1. The molecular weight excluding hydrogens is 487 g/mol. The highest BCUT2D eigenvalue weighted by molar-refractivity contribution is 14.1. The lowest BCUT2D eigenvalue weighted by atomic mass is 9.80. The molecular formula is C19H18F2INO3S. The molecule has 0 N–H and O–H groups in total. The first-order valence-electron chi connectivity index (χ1n) is 8.32. The summed E-state index contributed by atoms with van der Waals surface area (Å²) in [6, 6.07) is 14.5. The first-order valence-corrected chi connectivity index (χ1v) is 10.8. The van der Waals surface area contributed by atoms with Gasteiger partial charge in [0, 0.05) is 6.54 Å². The van der Waals surface area contributed by atoms with Gasteiger partial charge in [-0.3, -0.25) is 4.79 Å². The molecule has 0 aliphatic carbocycles. The van der Waals surface area contributed by atoms with Gasteiger partial charge in [-0.2, -0.15) is 8.78 Å². The summed E-state index contributed by atoms with van der Waals surface area (Å²) in [5, 5.41) is 0. The van der Waals surface area contributed by atoms with Crippen molar-refractivity contribution in [2.75, 3.05) is 6.54 Å². The van der Waals surface area contributed by atoms with Gasteiger partial charge in [-0.1, -0.05) is 48.0 Å². The second kappa shape index (κ2) is 7.12. The fourth-order valence-electron chi connectivity index (χ4n) is 3.28. The molecule has 1 aliphatic rings. The maximum atomic E-state index is 14.6. The van der Waals surface area contributed by atoms with E-state index in [4.69, 9.17) is 0 Å². The van der Waals surface area contributed by atoms with Crippen LogP contribution in [-0.2, 0) is 21.2 Å². The molecule has 3 rings (SSSR count). The normalized spacial score (nSPS) is 20.9. The minimum Gasteiger partial charge on any atom is -0.273 e. The molecule has 1 aliphatic heterocycles. The Bertz CT molecular complexity index is 943. The summed E-state index contributed by atoms with van der Waals surface area (Å²) in [6.07, 6.45) is -0.454. The second-order valence-corrected chi connectivity index (χ2v) is 9.90. The number of alkyl halides is 3. The van der Waals surface area contributed by atoms with Crippen molar-refractivity contribution in [3.63, 3.8) is 0 Å². The third-order valence-electron chi connectivity index (χ3n) is 4.88. The number of hydrogen-bond acceptors (Lipinski definition) is 3. The quantitative estimate of drug-likeness (QED) is 0.453. The van der Waals surface area contributed by atoms with Gasteiger partial charge in [0.1, 0.15) is 5.41 Å². The Labute approximate surface area is 170 Å². The smallest absolute Gasteiger partial charge is 0.273 e. The third-order valence-corrected chi connectivity index (χ3v) is 7.71. The second-order valence-electron chi connectivity index (χ2n) is 6.69. The zero-order valence-electron chi connectivity index (χ0n) is 14.5. The highest BCUT2D eigenvalue weighted by Gasteiger charge is 2.63. The lowest BCUT2D eigenvalue weighted by molar-refractivity contribution is -0.142. The largest absolute Gasteiger partial charge is 0.311 e. The maximum absolute atomic E-state index is 14.6. The molecule has 1 amide bonds. The molecule has 1 unspecified atom stereocenters. The van der Waals surface area contributed by atoms with E-state index in [1.54, 1.807) is 49.4 Å². The van der Waals surface area contributed by atoms with E-state index >= 15 is 0 Å². The Hall–Kier alpha value is -1.55. The van der Waals surface area contributed by atoms with Crippen molar-refractivity contribution >= 4 is 38.5 Å². The van der Waals surface area contributed by atoms with Crippen LogP contribution in [0.1, 0.15) is 17.5 Å². The summed E-state index contributed by atoms with van der Waals surface area (Å²) in [5.41, 5.74) is -0.664. The van der Waals surface area contributed by atoms with E-state index in [0.717, 1.165) is 28.2 Å². The molecule has 1 saturated heterocycles. The number of hydrogen-bond donors (Lipinski definition) is 0. The molecule has 0 saturated carbocycles. The number of amides is 1. The van der Waals surface area contributed by atoms with E-state index in [9.17, 15) is 22.0 Å². The number of aryl methyl sites for hydroxylation is 1. The predicted molar refractivity (Wildman–Crippen MR) is 106 cm³/mol. The fourth-order valence-corrected chi connectivity index (χ4v) is 5.43. The summed E-state index contributed by atoms with van der Waals surface area (Å²) >= 11 is 0.955. The van der Waals surface area contributed by atoms with Crippen LogP contribution in [0, 0.1) is 12.3 Å². The third kappa shape index (κ3) is 3.61. The van der Waals surface area contributed by atoms with Crippen LogP contribution in [0.15, 0.2) is 59.5 Å². The summed E-state index contributed by atoms with van der Waals surface area (Å²) < 4.78 is 52.1. The van der Waals surface area contributed by atoms with Crippen LogP contribution >= 0.6 is 22.6 Å². The minimum atomic E-state index is -4.18. The number of carbonyl (C=O) groups is 1. The van der Waals surface area contributed by atoms with Crippen molar-refractivity contribution in [1.82, 2.24) is 4.31 Å². The van der Waals surface area contributed by atoms with Crippen molar-refractivity contribution in [2.45, 2.75) is 28.6 Å². The van der Waals surface area contributed by atoms with Crippen molar-refractivity contribution in [3.05, 3.63) is 65.7 Å². The van der Waals surface area contributed by atoms with Crippen LogP contribution in [0.5, 0.6) is 0 Å². The van der Waals surface area contributed by atoms with Gasteiger partial charge in [0.2, 0.25) is 5.91 Å². The van der Waals surface area contributed by atoms with Gasteiger partial charge in [-0.15, -0.1) is 0 Å². The van der Waals surface area contributed by atoms with E-state index in [2.05, 4.69) is 0 Å². The van der Waals surface area contributed by atoms with Gasteiger partial charge in [0.25, 0.3) is 10.0 Å². The van der Waals surface area contributed by atoms with Gasteiger partial charge >= 0.3 is 3.93 Å². The summed E-state index contributed by atoms with van der Waals surface area (Å²) in [4.78, 5) is 13.0. The molecule has 0 aromatic heterocycles. The predicted octanol–water partition coefficient (Wildman–Crippen LogP) is 4.17. The Balaban J connectivity index is 2.00. The van der Waals surface area contributed by atoms with Crippen LogP contribution in [-0.4, -0.2) is 29.1 Å². The fraction of sp³-hybridized carbons (Fsp3) is 0.316. The molecule has 0 spiro atoms. The van der Waals surface area contributed by atoms with Crippen LogP contribution in [0.2, 0.25) is 0 Å². The number of carbonyl (C=O) groups excluding carboxylic acids is 1. The highest BCUT2D eigenvalue weighted by atomic mass is 127. The van der Waals surface area contributed by atoms with E-state index in [1.807, 2.05) is 0 Å². The van der Waals surface area contributed by atoms with Gasteiger partial charge in [0.05, 0.1) is 4.90 Å². The Kier molecular flexibility index (Phi) is 5.33. The molecule has 27 heavy (non-hydrogen) atoms. The first-order chi connectivity index (χ1) is 12.6. The van der Waals surface area contributed by atoms with Gasteiger partial charge in [-0.05, 0) is 60.1 Å². The van der Waals surface area contributed by atoms with E-state index in [-0.39, 0.29) is 24.3 Å². The standard InChI is InChI=1S/C19H18F2INO3S/c1-14-7-9-16(10-8-14)27(25,26)23-12-11-18(17(23)24,19(20,21)22)13-15-5-3-2-4-6-15/h2-10H,11-13H2,1H3. The lowest BCUT2D eigenvalue weighted by Crippen LogP contribution is -2.47. The van der Waals surface area contributed by atoms with Crippen LogP contribution < -0.4 is 0 Å². The molecule has 1 heterocycles. The van der Waals surface area contributed by atoms with Crippen molar-refractivity contribution in [1.29, 1.82) is 0 Å². The van der Waals surface area contributed by atoms with E-state index in [1.165, 1.54) is 12.1 Å². The van der Waals surface area contributed by atoms with Crippen LogP contribution in [0.4, 0.5) is 8.78 Å². The summed E-state index contributed by atoms with van der Waals surface area (Å²) in [5.74, 6) is -1.05. The van der Waals surface area contributed by atoms with Crippen molar-refractivity contribution in [3.8, 4) is 0 Å². The number of benzene rings is 2. The maximum Gasteiger partial charge on any atom is 0.311 e.